The van der Waals surface area contributed by atoms with Crippen molar-refractivity contribution in [3.8, 4) is 0 Å². The highest BCUT2D eigenvalue weighted by Gasteiger charge is 2.26. The normalized spacial score (nSPS) is 12.3. The standard InChI is InChI=1S/C18H26N2O/c1-6-15(14-20(7-2)8-3)17(19(4)5)18(21)16-12-10-9-11-13-16/h9-13,17H,1,7-8,14H2,2-5H3. The number of carbonyl (C=O) groups is 1. The van der Waals surface area contributed by atoms with E-state index in [9.17, 15) is 4.79 Å². The SMILES string of the molecule is C=C=C(CN(CC)CC)C(C(=O)c1ccccc1)N(C)C. The molecule has 1 rings (SSSR count). The van der Waals surface area contributed by atoms with Gasteiger partial charge in [-0.25, -0.2) is 0 Å². The quantitative estimate of drug-likeness (QED) is 0.542. The van der Waals surface area contributed by atoms with Gasteiger partial charge in [-0.2, -0.15) is 0 Å². The summed E-state index contributed by atoms with van der Waals surface area (Å²) in [6, 6.07) is 9.10. The van der Waals surface area contributed by atoms with Crippen molar-refractivity contribution < 1.29 is 4.79 Å². The Balaban J connectivity index is 3.05. The van der Waals surface area contributed by atoms with Gasteiger partial charge < -0.3 is 0 Å². The number of likely N-dealkylation sites (N-methyl/N-ethyl adjacent to an activating group) is 2. The maximum Gasteiger partial charge on any atom is 0.184 e. The molecule has 0 aliphatic heterocycles. The van der Waals surface area contributed by atoms with E-state index in [2.05, 4.69) is 31.1 Å². The average molecular weight is 286 g/mol. The Morgan fingerprint density at radius 1 is 1.19 bits per heavy atom. The molecular formula is C18H26N2O. The number of nitrogens with zero attached hydrogens (tertiary/aromatic N) is 2. The van der Waals surface area contributed by atoms with E-state index in [0.717, 1.165) is 30.8 Å². The molecule has 1 atom stereocenters. The first kappa shape index (κ1) is 17.4. The number of rotatable bonds is 8. The van der Waals surface area contributed by atoms with Gasteiger partial charge in [0.05, 0.1) is 0 Å². The van der Waals surface area contributed by atoms with Gasteiger partial charge in [-0.3, -0.25) is 14.6 Å². The van der Waals surface area contributed by atoms with Crippen LogP contribution in [0, 0.1) is 0 Å². The Bertz CT molecular complexity index is 497. The van der Waals surface area contributed by atoms with Crippen LogP contribution in [0.5, 0.6) is 0 Å². The van der Waals surface area contributed by atoms with Crippen LogP contribution < -0.4 is 0 Å². The average Bonchev–Trinajstić information content (AvgIpc) is 2.51. The van der Waals surface area contributed by atoms with Crippen LogP contribution in [0.4, 0.5) is 0 Å². The summed E-state index contributed by atoms with van der Waals surface area (Å²) in [6.07, 6.45) is 0. The fourth-order valence-corrected chi connectivity index (χ4v) is 2.39. The van der Waals surface area contributed by atoms with Crippen LogP contribution in [0.2, 0.25) is 0 Å². The Kier molecular flexibility index (Phi) is 7.10. The van der Waals surface area contributed by atoms with Gasteiger partial charge in [-0.05, 0) is 27.2 Å². The molecule has 0 saturated carbocycles. The lowest BCUT2D eigenvalue weighted by Crippen LogP contribution is -2.41. The van der Waals surface area contributed by atoms with Gasteiger partial charge in [-0.15, -0.1) is 5.73 Å². The molecule has 1 unspecified atom stereocenters. The Morgan fingerprint density at radius 2 is 1.76 bits per heavy atom. The van der Waals surface area contributed by atoms with E-state index in [4.69, 9.17) is 0 Å². The fourth-order valence-electron chi connectivity index (χ4n) is 2.39. The molecule has 0 N–H and O–H groups in total. The second kappa shape index (κ2) is 8.58. The van der Waals surface area contributed by atoms with Crippen LogP contribution in [0.3, 0.4) is 0 Å². The third-order valence-electron chi connectivity index (χ3n) is 3.67. The fraction of sp³-hybridized carbons (Fsp3) is 0.444. The first-order valence-electron chi connectivity index (χ1n) is 7.41. The van der Waals surface area contributed by atoms with Crippen molar-refractivity contribution in [2.24, 2.45) is 0 Å². The molecule has 0 fully saturated rings. The zero-order valence-corrected chi connectivity index (χ0v) is 13.6. The van der Waals surface area contributed by atoms with E-state index in [1.165, 1.54) is 0 Å². The maximum absolute atomic E-state index is 12.8. The molecule has 0 radical (unpaired) electrons. The van der Waals surface area contributed by atoms with Crippen LogP contribution in [-0.4, -0.2) is 55.4 Å². The van der Waals surface area contributed by atoms with Crippen molar-refractivity contribution in [2.45, 2.75) is 19.9 Å². The van der Waals surface area contributed by atoms with Gasteiger partial charge in [-0.1, -0.05) is 50.8 Å². The zero-order chi connectivity index (χ0) is 15.8. The van der Waals surface area contributed by atoms with Crippen molar-refractivity contribution in [1.29, 1.82) is 0 Å². The van der Waals surface area contributed by atoms with E-state index in [1.807, 2.05) is 49.3 Å². The first-order chi connectivity index (χ1) is 10.0. The van der Waals surface area contributed by atoms with E-state index in [1.54, 1.807) is 0 Å². The third-order valence-corrected chi connectivity index (χ3v) is 3.67. The van der Waals surface area contributed by atoms with Crippen LogP contribution >= 0.6 is 0 Å². The summed E-state index contributed by atoms with van der Waals surface area (Å²) in [6.45, 7) is 10.6. The topological polar surface area (TPSA) is 23.6 Å². The minimum absolute atomic E-state index is 0.0962. The van der Waals surface area contributed by atoms with Crippen LogP contribution in [0.25, 0.3) is 0 Å². The van der Waals surface area contributed by atoms with Crippen LogP contribution in [0.1, 0.15) is 24.2 Å². The number of carbonyl (C=O) groups excluding carboxylic acids is 1. The molecule has 0 amide bonds. The number of Topliss-reactive ketones (excluding diaryl/α,β-unsaturated/α-hetero) is 1. The Labute approximate surface area is 128 Å². The minimum Gasteiger partial charge on any atom is -0.299 e. The lowest BCUT2D eigenvalue weighted by atomic mass is 9.96. The molecule has 0 aromatic heterocycles. The lowest BCUT2D eigenvalue weighted by molar-refractivity contribution is 0.0897. The maximum atomic E-state index is 12.8. The smallest absolute Gasteiger partial charge is 0.184 e. The monoisotopic (exact) mass is 286 g/mol. The third kappa shape index (κ3) is 4.68. The van der Waals surface area contributed by atoms with E-state index >= 15 is 0 Å². The van der Waals surface area contributed by atoms with Gasteiger partial charge in [0.1, 0.15) is 6.04 Å². The predicted octanol–water partition coefficient (Wildman–Crippen LogP) is 2.85. The molecule has 0 heterocycles. The summed E-state index contributed by atoms with van der Waals surface area (Å²) >= 11 is 0. The number of hydrogen-bond donors (Lipinski definition) is 0. The Morgan fingerprint density at radius 3 is 2.19 bits per heavy atom. The molecule has 21 heavy (non-hydrogen) atoms. The van der Waals surface area contributed by atoms with Crippen molar-refractivity contribution in [1.82, 2.24) is 9.80 Å². The molecule has 114 valence electrons. The summed E-state index contributed by atoms with van der Waals surface area (Å²) in [7, 11) is 3.84. The lowest BCUT2D eigenvalue weighted by Gasteiger charge is -2.28. The molecule has 0 spiro atoms. The molecule has 3 heteroatoms. The van der Waals surface area contributed by atoms with Crippen molar-refractivity contribution in [3.05, 3.63) is 53.8 Å². The highest BCUT2D eigenvalue weighted by atomic mass is 16.1. The molecule has 0 aliphatic carbocycles. The van der Waals surface area contributed by atoms with Crippen LogP contribution in [0.15, 0.2) is 48.2 Å². The molecule has 0 saturated heterocycles. The molecular weight excluding hydrogens is 260 g/mol. The summed E-state index contributed by atoms with van der Waals surface area (Å²) < 4.78 is 0. The number of benzene rings is 1. The van der Waals surface area contributed by atoms with Gasteiger partial charge in [0, 0.05) is 17.7 Å². The molecule has 1 aromatic rings. The van der Waals surface area contributed by atoms with E-state index < -0.39 is 0 Å². The first-order valence-corrected chi connectivity index (χ1v) is 7.41. The summed E-state index contributed by atoms with van der Waals surface area (Å²) in [5, 5.41) is 0. The van der Waals surface area contributed by atoms with Gasteiger partial charge in [0.2, 0.25) is 0 Å². The molecule has 0 aliphatic rings. The largest absolute Gasteiger partial charge is 0.299 e. The summed E-state index contributed by atoms with van der Waals surface area (Å²) in [4.78, 5) is 17.0. The molecule has 1 aromatic carbocycles. The second-order valence-electron chi connectivity index (χ2n) is 5.26. The molecule has 0 bridgehead atoms. The molecule has 3 nitrogen and oxygen atoms in total. The Hall–Kier alpha value is -1.67. The van der Waals surface area contributed by atoms with Crippen LogP contribution in [-0.2, 0) is 0 Å². The van der Waals surface area contributed by atoms with Gasteiger partial charge in [0.25, 0.3) is 0 Å². The minimum atomic E-state index is -0.314. The summed E-state index contributed by atoms with van der Waals surface area (Å²) in [5.41, 5.74) is 4.65. The second-order valence-corrected chi connectivity index (χ2v) is 5.26. The zero-order valence-electron chi connectivity index (χ0n) is 13.6. The van der Waals surface area contributed by atoms with Gasteiger partial charge in [0.15, 0.2) is 5.78 Å². The highest BCUT2D eigenvalue weighted by Crippen LogP contribution is 2.15. The number of ketones is 1. The predicted molar refractivity (Wildman–Crippen MR) is 88.7 cm³/mol. The van der Waals surface area contributed by atoms with Gasteiger partial charge >= 0.3 is 0 Å². The highest BCUT2D eigenvalue weighted by molar-refractivity contribution is 6.02. The van der Waals surface area contributed by atoms with Crippen molar-refractivity contribution in [2.75, 3.05) is 33.7 Å². The van der Waals surface area contributed by atoms with E-state index in [-0.39, 0.29) is 11.8 Å². The summed E-state index contributed by atoms with van der Waals surface area (Å²) in [5.74, 6) is 0.0962. The number of hydrogen-bond acceptors (Lipinski definition) is 3. The van der Waals surface area contributed by atoms with Crippen molar-refractivity contribution >= 4 is 5.78 Å². The van der Waals surface area contributed by atoms with E-state index in [0.29, 0.717) is 0 Å². The van der Waals surface area contributed by atoms with Crippen molar-refractivity contribution in [3.63, 3.8) is 0 Å².